The van der Waals surface area contributed by atoms with Gasteiger partial charge in [-0.3, -0.25) is 14.4 Å². The number of amides is 3. The predicted octanol–water partition coefficient (Wildman–Crippen LogP) is 5.15. The highest BCUT2D eigenvalue weighted by Gasteiger charge is 2.31. The zero-order chi connectivity index (χ0) is 36.6. The van der Waals surface area contributed by atoms with Crippen molar-refractivity contribution in [2.75, 3.05) is 19.8 Å². The van der Waals surface area contributed by atoms with Gasteiger partial charge in [-0.2, -0.15) is 0 Å². The van der Waals surface area contributed by atoms with Crippen LogP contribution >= 0.6 is 0 Å². The summed E-state index contributed by atoms with van der Waals surface area (Å²) in [6.45, 7) is 9.33. The van der Waals surface area contributed by atoms with Crippen LogP contribution in [0.25, 0.3) is 10.8 Å². The molecule has 0 saturated heterocycles. The lowest BCUT2D eigenvalue weighted by molar-refractivity contribution is -0.134. The molecule has 1 aromatic heterocycles. The fraction of sp³-hybridized carbons (Fsp3) is 0.463. The van der Waals surface area contributed by atoms with E-state index in [-0.39, 0.29) is 31.3 Å². The van der Waals surface area contributed by atoms with Gasteiger partial charge in [0.15, 0.2) is 0 Å². The van der Waals surface area contributed by atoms with Crippen molar-refractivity contribution in [2.45, 2.75) is 84.4 Å². The standard InChI is InChI=1S/C41H55N5O5/c1-28(2)18-20-51-26-38(47)36(21-29(3)4)45-41(50)37(24-34-25-42-27-44-34)46-40(49)33(22-32-15-10-14-31-13-8-9-16-35(31)32)23-39(48)43-19-17-30-11-6-5-7-12-30/h5-16,25,27-29,33,36-38,47H,17-24,26H2,1-4H3,(H,42,44)(H,43,48)(H,45,50)(H,46,49)/t33?,36-,37-,38?/m0/s1. The summed E-state index contributed by atoms with van der Waals surface area (Å²) in [5, 5.41) is 22.1. The van der Waals surface area contributed by atoms with Gasteiger partial charge in [0.25, 0.3) is 0 Å². The number of carbonyl (C=O) groups is 3. The summed E-state index contributed by atoms with van der Waals surface area (Å²) in [5.41, 5.74) is 2.72. The summed E-state index contributed by atoms with van der Waals surface area (Å²) < 4.78 is 5.75. The van der Waals surface area contributed by atoms with Crippen LogP contribution in [0.15, 0.2) is 85.3 Å². The predicted molar refractivity (Wildman–Crippen MR) is 201 cm³/mol. The molecule has 274 valence electrons. The minimum absolute atomic E-state index is 0.0509. The van der Waals surface area contributed by atoms with Gasteiger partial charge < -0.3 is 30.8 Å². The number of H-pyrrole nitrogens is 1. The second kappa shape index (κ2) is 20.3. The summed E-state index contributed by atoms with van der Waals surface area (Å²) in [6, 6.07) is 22.2. The highest BCUT2D eigenvalue weighted by Crippen LogP contribution is 2.23. The van der Waals surface area contributed by atoms with E-state index in [1.807, 2.05) is 86.6 Å². The molecule has 3 aromatic carbocycles. The lowest BCUT2D eigenvalue weighted by Gasteiger charge is -2.29. The van der Waals surface area contributed by atoms with Crippen LogP contribution in [0.3, 0.4) is 0 Å². The maximum atomic E-state index is 14.2. The van der Waals surface area contributed by atoms with Gasteiger partial charge in [-0.15, -0.1) is 0 Å². The number of aromatic amines is 1. The van der Waals surface area contributed by atoms with Crippen LogP contribution in [0.1, 0.15) is 63.8 Å². The normalized spacial score (nSPS) is 13.9. The number of aliphatic hydroxyl groups is 1. The summed E-state index contributed by atoms with van der Waals surface area (Å²) in [5.74, 6) is -1.16. The van der Waals surface area contributed by atoms with E-state index in [0.29, 0.717) is 44.0 Å². The minimum atomic E-state index is -0.988. The first-order valence-electron chi connectivity index (χ1n) is 18.2. The molecule has 1 heterocycles. The van der Waals surface area contributed by atoms with Crippen molar-refractivity contribution in [1.29, 1.82) is 0 Å². The molecule has 0 saturated carbocycles. The van der Waals surface area contributed by atoms with E-state index in [1.165, 1.54) is 6.33 Å². The second-order valence-corrected chi connectivity index (χ2v) is 14.2. The number of aromatic nitrogens is 2. The number of nitrogens with zero attached hydrogens (tertiary/aromatic N) is 1. The summed E-state index contributed by atoms with van der Waals surface area (Å²) in [4.78, 5) is 48.7. The largest absolute Gasteiger partial charge is 0.389 e. The van der Waals surface area contributed by atoms with E-state index < -0.39 is 35.9 Å². The van der Waals surface area contributed by atoms with E-state index in [0.717, 1.165) is 28.3 Å². The first-order valence-corrected chi connectivity index (χ1v) is 18.2. The Morgan fingerprint density at radius 1 is 0.863 bits per heavy atom. The SMILES string of the molecule is CC(C)CCOCC(O)[C@H](CC(C)C)NC(=O)[C@H](Cc1cnc[nH]1)NC(=O)C(CC(=O)NCCc1ccccc1)Cc1cccc2ccccc12. The molecule has 4 atom stereocenters. The molecule has 0 aliphatic rings. The number of hydrogen-bond acceptors (Lipinski definition) is 6. The second-order valence-electron chi connectivity index (χ2n) is 14.2. The molecule has 0 aliphatic heterocycles. The number of hydrogen-bond donors (Lipinski definition) is 5. The number of rotatable bonds is 21. The van der Waals surface area contributed by atoms with Gasteiger partial charge in [0, 0.05) is 37.9 Å². The number of fused-ring (bicyclic) bond motifs is 1. The Labute approximate surface area is 302 Å². The molecule has 10 nitrogen and oxygen atoms in total. The first kappa shape index (κ1) is 39.2. The average Bonchev–Trinajstić information content (AvgIpc) is 3.62. The van der Waals surface area contributed by atoms with Crippen LogP contribution in [0.2, 0.25) is 0 Å². The minimum Gasteiger partial charge on any atom is -0.389 e. The monoisotopic (exact) mass is 697 g/mol. The van der Waals surface area contributed by atoms with Crippen LogP contribution in [0.4, 0.5) is 0 Å². The number of carbonyl (C=O) groups excluding carboxylic acids is 3. The first-order chi connectivity index (χ1) is 24.6. The van der Waals surface area contributed by atoms with E-state index in [4.69, 9.17) is 4.74 Å². The molecule has 3 amide bonds. The molecule has 4 aromatic rings. The fourth-order valence-corrected chi connectivity index (χ4v) is 6.14. The van der Waals surface area contributed by atoms with E-state index in [1.54, 1.807) is 6.20 Å². The maximum Gasteiger partial charge on any atom is 0.243 e. The number of ether oxygens (including phenoxy) is 1. The van der Waals surface area contributed by atoms with Crippen molar-refractivity contribution in [3.8, 4) is 0 Å². The van der Waals surface area contributed by atoms with E-state index in [9.17, 15) is 19.5 Å². The van der Waals surface area contributed by atoms with Crippen molar-refractivity contribution in [3.63, 3.8) is 0 Å². The van der Waals surface area contributed by atoms with Crippen LogP contribution < -0.4 is 16.0 Å². The molecule has 51 heavy (non-hydrogen) atoms. The molecular weight excluding hydrogens is 642 g/mol. The Morgan fingerprint density at radius 2 is 1.61 bits per heavy atom. The van der Waals surface area contributed by atoms with Crippen molar-refractivity contribution in [2.24, 2.45) is 17.8 Å². The molecule has 2 unspecified atom stereocenters. The van der Waals surface area contributed by atoms with Gasteiger partial charge in [-0.05, 0) is 59.4 Å². The van der Waals surface area contributed by atoms with Gasteiger partial charge in [-0.25, -0.2) is 4.98 Å². The van der Waals surface area contributed by atoms with Crippen molar-refractivity contribution >= 4 is 28.5 Å². The van der Waals surface area contributed by atoms with Crippen LogP contribution in [0, 0.1) is 17.8 Å². The average molecular weight is 698 g/mol. The number of nitrogens with one attached hydrogen (secondary N) is 4. The summed E-state index contributed by atoms with van der Waals surface area (Å²) in [7, 11) is 0. The van der Waals surface area contributed by atoms with E-state index in [2.05, 4.69) is 39.8 Å². The van der Waals surface area contributed by atoms with Crippen LogP contribution in [-0.2, 0) is 38.4 Å². The fourth-order valence-electron chi connectivity index (χ4n) is 6.14. The van der Waals surface area contributed by atoms with E-state index >= 15 is 0 Å². The number of benzene rings is 3. The molecule has 4 rings (SSSR count). The topological polar surface area (TPSA) is 145 Å². The molecule has 10 heteroatoms. The Morgan fingerprint density at radius 3 is 2.33 bits per heavy atom. The number of aliphatic hydroxyl groups excluding tert-OH is 1. The molecule has 5 N–H and O–H groups in total. The smallest absolute Gasteiger partial charge is 0.243 e. The zero-order valence-corrected chi connectivity index (χ0v) is 30.4. The molecule has 0 fully saturated rings. The molecule has 0 aliphatic carbocycles. The Kier molecular flexibility index (Phi) is 15.7. The van der Waals surface area contributed by atoms with Gasteiger partial charge in [0.05, 0.1) is 31.0 Å². The summed E-state index contributed by atoms with van der Waals surface area (Å²) >= 11 is 0. The highest BCUT2D eigenvalue weighted by molar-refractivity contribution is 5.92. The van der Waals surface area contributed by atoms with Gasteiger partial charge in [-0.1, -0.05) is 100 Å². The maximum absolute atomic E-state index is 14.2. The third-order valence-electron chi connectivity index (χ3n) is 8.98. The van der Waals surface area contributed by atoms with Crippen LogP contribution in [0.5, 0.6) is 0 Å². The van der Waals surface area contributed by atoms with Crippen molar-refractivity contribution in [1.82, 2.24) is 25.9 Å². The van der Waals surface area contributed by atoms with Gasteiger partial charge in [0.1, 0.15) is 6.04 Å². The quantitative estimate of drug-likeness (QED) is 0.0762. The zero-order valence-electron chi connectivity index (χ0n) is 30.4. The third-order valence-corrected chi connectivity index (χ3v) is 8.98. The van der Waals surface area contributed by atoms with Crippen LogP contribution in [-0.4, -0.2) is 70.7 Å². The molecule has 0 radical (unpaired) electrons. The highest BCUT2D eigenvalue weighted by atomic mass is 16.5. The third kappa shape index (κ3) is 13.3. The number of imidazole rings is 1. The lowest BCUT2D eigenvalue weighted by Crippen LogP contribution is -2.55. The molecule has 0 spiro atoms. The van der Waals surface area contributed by atoms with Gasteiger partial charge >= 0.3 is 0 Å². The Bertz CT molecular complexity index is 1640. The van der Waals surface area contributed by atoms with Gasteiger partial charge in [0.2, 0.25) is 17.7 Å². The Hall–Kier alpha value is -4.54. The van der Waals surface area contributed by atoms with Crippen molar-refractivity contribution < 1.29 is 24.2 Å². The summed E-state index contributed by atoms with van der Waals surface area (Å²) in [6.07, 6.45) is 4.69. The molecule has 0 bridgehead atoms. The molecular formula is C41H55N5O5. The lowest BCUT2D eigenvalue weighted by atomic mass is 9.91. The van der Waals surface area contributed by atoms with Crippen molar-refractivity contribution in [3.05, 3.63) is 102 Å². The Balaban J connectivity index is 1.52.